The van der Waals surface area contributed by atoms with Gasteiger partial charge in [-0.25, -0.2) is 0 Å². The number of carbonyl (C=O) groups excluding carboxylic acids is 1. The number of hydrogen-bond acceptors (Lipinski definition) is 6. The Morgan fingerprint density at radius 2 is 2.13 bits per heavy atom. The van der Waals surface area contributed by atoms with Crippen LogP contribution in [0.2, 0.25) is 0 Å². The van der Waals surface area contributed by atoms with Crippen molar-refractivity contribution in [2.75, 3.05) is 6.61 Å². The highest BCUT2D eigenvalue weighted by atomic mass is 16.8. The SMILES string of the molecule is CC1(C)O[C@H]2[C@@H](C=O)OC(O)[C@@]2(CO)O1. The van der Waals surface area contributed by atoms with Crippen LogP contribution in [-0.4, -0.2) is 53.0 Å². The number of fused-ring (bicyclic) bond motifs is 1. The van der Waals surface area contributed by atoms with E-state index in [0.29, 0.717) is 6.29 Å². The molecule has 2 heterocycles. The number of aldehydes is 1. The fourth-order valence-corrected chi connectivity index (χ4v) is 2.12. The van der Waals surface area contributed by atoms with Crippen molar-refractivity contribution < 1.29 is 29.2 Å². The Labute approximate surface area is 86.7 Å². The van der Waals surface area contributed by atoms with Gasteiger partial charge >= 0.3 is 0 Å². The molecule has 1 unspecified atom stereocenters. The van der Waals surface area contributed by atoms with Crippen LogP contribution in [0.5, 0.6) is 0 Å². The van der Waals surface area contributed by atoms with Gasteiger partial charge in [0.25, 0.3) is 0 Å². The van der Waals surface area contributed by atoms with Gasteiger partial charge in [0.05, 0.1) is 6.61 Å². The molecular formula is C9H14O6. The van der Waals surface area contributed by atoms with Crippen molar-refractivity contribution in [3.63, 3.8) is 0 Å². The zero-order valence-electron chi connectivity index (χ0n) is 8.54. The maximum atomic E-state index is 10.7. The van der Waals surface area contributed by atoms with Gasteiger partial charge in [-0.15, -0.1) is 0 Å². The van der Waals surface area contributed by atoms with Crippen LogP contribution in [0.15, 0.2) is 0 Å². The molecule has 0 aliphatic carbocycles. The Hall–Kier alpha value is -0.530. The van der Waals surface area contributed by atoms with Crippen molar-refractivity contribution in [3.8, 4) is 0 Å². The van der Waals surface area contributed by atoms with E-state index in [1.807, 2.05) is 0 Å². The lowest BCUT2D eigenvalue weighted by molar-refractivity contribution is -0.249. The number of rotatable bonds is 2. The van der Waals surface area contributed by atoms with Gasteiger partial charge in [-0.1, -0.05) is 0 Å². The molecule has 0 spiro atoms. The third-order valence-electron chi connectivity index (χ3n) is 2.71. The summed E-state index contributed by atoms with van der Waals surface area (Å²) < 4.78 is 15.8. The minimum atomic E-state index is -1.36. The van der Waals surface area contributed by atoms with E-state index in [9.17, 15) is 15.0 Å². The van der Waals surface area contributed by atoms with E-state index in [1.165, 1.54) is 0 Å². The maximum Gasteiger partial charge on any atom is 0.190 e. The molecule has 0 aromatic heterocycles. The summed E-state index contributed by atoms with van der Waals surface area (Å²) >= 11 is 0. The zero-order chi connectivity index (χ0) is 11.3. The minimum absolute atomic E-state index is 0.466. The highest BCUT2D eigenvalue weighted by Crippen LogP contribution is 2.45. The molecule has 2 rings (SSSR count). The third-order valence-corrected chi connectivity index (χ3v) is 2.71. The van der Waals surface area contributed by atoms with Crippen LogP contribution >= 0.6 is 0 Å². The van der Waals surface area contributed by atoms with E-state index < -0.39 is 36.5 Å². The maximum absolute atomic E-state index is 10.7. The predicted molar refractivity (Wildman–Crippen MR) is 46.8 cm³/mol. The van der Waals surface area contributed by atoms with E-state index >= 15 is 0 Å². The van der Waals surface area contributed by atoms with Crippen molar-refractivity contribution in [1.29, 1.82) is 0 Å². The fourth-order valence-electron chi connectivity index (χ4n) is 2.12. The van der Waals surface area contributed by atoms with Crippen LogP contribution in [0.25, 0.3) is 0 Å². The van der Waals surface area contributed by atoms with Gasteiger partial charge in [-0.3, -0.25) is 0 Å². The quantitative estimate of drug-likeness (QED) is 0.565. The molecule has 2 aliphatic heterocycles. The fraction of sp³-hybridized carbons (Fsp3) is 0.889. The molecule has 2 N–H and O–H groups in total. The molecule has 15 heavy (non-hydrogen) atoms. The molecule has 86 valence electrons. The highest BCUT2D eigenvalue weighted by Gasteiger charge is 2.65. The summed E-state index contributed by atoms with van der Waals surface area (Å²) in [5.41, 5.74) is -1.35. The molecule has 0 saturated carbocycles. The summed E-state index contributed by atoms with van der Waals surface area (Å²) in [4.78, 5) is 10.7. The summed E-state index contributed by atoms with van der Waals surface area (Å²) in [6.45, 7) is 2.83. The van der Waals surface area contributed by atoms with E-state index in [2.05, 4.69) is 0 Å². The number of hydrogen-bond donors (Lipinski definition) is 2. The summed E-state index contributed by atoms with van der Waals surface area (Å²) in [6, 6.07) is 0. The van der Waals surface area contributed by atoms with E-state index in [-0.39, 0.29) is 0 Å². The van der Waals surface area contributed by atoms with Gasteiger partial charge in [0.15, 0.2) is 24.0 Å². The topological polar surface area (TPSA) is 85.2 Å². The Morgan fingerprint density at radius 3 is 2.67 bits per heavy atom. The average Bonchev–Trinajstić information content (AvgIpc) is 2.58. The summed E-state index contributed by atoms with van der Waals surface area (Å²) in [7, 11) is 0. The van der Waals surface area contributed by atoms with Crippen LogP contribution in [0.3, 0.4) is 0 Å². The van der Waals surface area contributed by atoms with Crippen LogP contribution in [0.1, 0.15) is 13.8 Å². The molecule has 4 atom stereocenters. The molecule has 0 bridgehead atoms. The molecule has 6 heteroatoms. The van der Waals surface area contributed by atoms with Crippen LogP contribution < -0.4 is 0 Å². The average molecular weight is 218 g/mol. The first-order valence-electron chi connectivity index (χ1n) is 4.73. The Balaban J connectivity index is 2.34. The van der Waals surface area contributed by atoms with E-state index in [0.717, 1.165) is 0 Å². The molecule has 0 radical (unpaired) electrons. The second kappa shape index (κ2) is 3.23. The predicted octanol–water partition coefficient (Wildman–Crippen LogP) is -1.21. The first kappa shape index (κ1) is 11.0. The van der Waals surface area contributed by atoms with Crippen molar-refractivity contribution in [3.05, 3.63) is 0 Å². The smallest absolute Gasteiger partial charge is 0.190 e. The molecule has 6 nitrogen and oxygen atoms in total. The summed E-state index contributed by atoms with van der Waals surface area (Å²) in [5, 5.41) is 18.9. The molecule has 0 aromatic rings. The Kier molecular flexibility index (Phi) is 2.36. The van der Waals surface area contributed by atoms with Gasteiger partial charge in [-0.2, -0.15) is 0 Å². The zero-order valence-corrected chi connectivity index (χ0v) is 8.54. The lowest BCUT2D eigenvalue weighted by atomic mass is 9.97. The molecule has 0 aromatic carbocycles. The Morgan fingerprint density at radius 1 is 1.47 bits per heavy atom. The van der Waals surface area contributed by atoms with Crippen molar-refractivity contribution in [2.45, 2.75) is 43.7 Å². The standard InChI is InChI=1S/C9H14O6/c1-8(2)14-6-5(3-10)13-7(12)9(6,4-11)15-8/h3,5-7,11-12H,4H2,1-2H3/t5-,6+,7?,9+/m1/s1. The second-order valence-corrected chi connectivity index (χ2v) is 4.24. The lowest BCUT2D eigenvalue weighted by Gasteiger charge is -2.27. The lowest BCUT2D eigenvalue weighted by Crippen LogP contribution is -2.50. The molecule has 0 amide bonds. The molecular weight excluding hydrogens is 204 g/mol. The van der Waals surface area contributed by atoms with Crippen LogP contribution in [-0.2, 0) is 19.0 Å². The molecule has 2 fully saturated rings. The summed E-state index contributed by atoms with van der Waals surface area (Å²) in [5.74, 6) is -0.945. The number of ether oxygens (including phenoxy) is 3. The monoisotopic (exact) mass is 218 g/mol. The van der Waals surface area contributed by atoms with Gasteiger partial charge in [0.2, 0.25) is 0 Å². The largest absolute Gasteiger partial charge is 0.393 e. The number of aliphatic hydroxyl groups is 2. The summed E-state index contributed by atoms with van der Waals surface area (Å²) in [6.07, 6.45) is -2.50. The van der Waals surface area contributed by atoms with Gasteiger partial charge in [0, 0.05) is 0 Å². The highest BCUT2D eigenvalue weighted by molar-refractivity contribution is 5.59. The number of aliphatic hydroxyl groups excluding tert-OH is 2. The van der Waals surface area contributed by atoms with Gasteiger partial charge in [0.1, 0.15) is 12.2 Å². The van der Waals surface area contributed by atoms with Crippen molar-refractivity contribution in [1.82, 2.24) is 0 Å². The second-order valence-electron chi connectivity index (χ2n) is 4.24. The minimum Gasteiger partial charge on any atom is -0.393 e. The van der Waals surface area contributed by atoms with E-state index in [1.54, 1.807) is 13.8 Å². The molecule has 2 aliphatic rings. The first-order chi connectivity index (χ1) is 6.95. The van der Waals surface area contributed by atoms with E-state index in [4.69, 9.17) is 14.2 Å². The van der Waals surface area contributed by atoms with Gasteiger partial charge < -0.3 is 29.2 Å². The van der Waals surface area contributed by atoms with Gasteiger partial charge in [-0.05, 0) is 13.8 Å². The Bertz CT molecular complexity index is 278. The van der Waals surface area contributed by atoms with Crippen molar-refractivity contribution >= 4 is 6.29 Å². The van der Waals surface area contributed by atoms with Crippen molar-refractivity contribution in [2.24, 2.45) is 0 Å². The third kappa shape index (κ3) is 1.41. The first-order valence-corrected chi connectivity index (χ1v) is 4.73. The van der Waals surface area contributed by atoms with Crippen LogP contribution in [0.4, 0.5) is 0 Å². The number of carbonyl (C=O) groups is 1. The normalized spacial score (nSPS) is 47.9. The van der Waals surface area contributed by atoms with Crippen LogP contribution in [0, 0.1) is 0 Å². The molecule has 2 saturated heterocycles.